The van der Waals surface area contributed by atoms with Crippen LogP contribution < -0.4 is 5.32 Å². The lowest BCUT2D eigenvalue weighted by molar-refractivity contribution is 0.107. The van der Waals surface area contributed by atoms with Crippen molar-refractivity contribution in [2.75, 3.05) is 13.2 Å². The molecule has 0 radical (unpaired) electrons. The number of aryl methyl sites for hydroxylation is 1. The molecular weight excluding hydrogens is 202 g/mol. The Balaban J connectivity index is 1.88. The smallest absolute Gasteiger partial charge is 0.125 e. The van der Waals surface area contributed by atoms with Gasteiger partial charge in [-0.15, -0.1) is 0 Å². The summed E-state index contributed by atoms with van der Waals surface area (Å²) in [5, 5.41) is 3.55. The fourth-order valence-electron chi connectivity index (χ4n) is 2.21. The van der Waals surface area contributed by atoms with E-state index in [0.717, 1.165) is 25.4 Å². The summed E-state index contributed by atoms with van der Waals surface area (Å²) in [6, 6.07) is 0.337. The second-order valence-corrected chi connectivity index (χ2v) is 4.40. The molecule has 2 rings (SSSR count). The maximum absolute atomic E-state index is 5.61. The van der Waals surface area contributed by atoms with Crippen LogP contribution in [-0.4, -0.2) is 28.8 Å². The monoisotopic (exact) mass is 223 g/mol. The van der Waals surface area contributed by atoms with E-state index in [-0.39, 0.29) is 0 Å². The molecule has 0 aromatic carbocycles. The van der Waals surface area contributed by atoms with Crippen molar-refractivity contribution < 1.29 is 4.74 Å². The molecule has 0 spiro atoms. The minimum Gasteiger partial charge on any atom is -0.377 e. The molecule has 1 N–H and O–H groups in total. The van der Waals surface area contributed by atoms with Gasteiger partial charge in [-0.05, 0) is 19.3 Å². The van der Waals surface area contributed by atoms with Gasteiger partial charge in [0.1, 0.15) is 5.82 Å². The highest BCUT2D eigenvalue weighted by Crippen LogP contribution is 2.16. The first kappa shape index (κ1) is 11.6. The van der Waals surface area contributed by atoms with Gasteiger partial charge in [0.05, 0.1) is 12.1 Å². The predicted molar refractivity (Wildman–Crippen MR) is 63.2 cm³/mol. The van der Waals surface area contributed by atoms with E-state index in [1.165, 1.54) is 12.8 Å². The van der Waals surface area contributed by atoms with E-state index in [2.05, 4.69) is 21.8 Å². The van der Waals surface area contributed by atoms with Crippen LogP contribution in [0.5, 0.6) is 0 Å². The first-order chi connectivity index (χ1) is 7.81. The highest BCUT2D eigenvalue weighted by Gasteiger charge is 2.19. The molecule has 0 saturated carbocycles. The fourth-order valence-corrected chi connectivity index (χ4v) is 2.21. The van der Waals surface area contributed by atoms with Crippen LogP contribution in [0.1, 0.15) is 38.1 Å². The molecule has 1 aliphatic heterocycles. The molecule has 16 heavy (non-hydrogen) atoms. The molecule has 2 heterocycles. The van der Waals surface area contributed by atoms with Gasteiger partial charge in [-0.2, -0.15) is 0 Å². The Labute approximate surface area is 97.0 Å². The van der Waals surface area contributed by atoms with Crippen molar-refractivity contribution in [3.05, 3.63) is 18.2 Å². The molecule has 2 atom stereocenters. The van der Waals surface area contributed by atoms with Crippen molar-refractivity contribution in [3.63, 3.8) is 0 Å². The van der Waals surface area contributed by atoms with Gasteiger partial charge >= 0.3 is 0 Å². The molecule has 1 aliphatic rings. The molecule has 1 aromatic rings. The number of aromatic nitrogens is 2. The summed E-state index contributed by atoms with van der Waals surface area (Å²) in [6.45, 7) is 4.04. The van der Waals surface area contributed by atoms with Crippen LogP contribution in [0.25, 0.3) is 0 Å². The molecule has 1 aromatic heterocycles. The molecule has 0 aliphatic carbocycles. The normalized spacial score (nSPS) is 22.5. The van der Waals surface area contributed by atoms with E-state index in [1.807, 2.05) is 19.4 Å². The van der Waals surface area contributed by atoms with Crippen LogP contribution in [0.3, 0.4) is 0 Å². The van der Waals surface area contributed by atoms with Crippen molar-refractivity contribution in [2.24, 2.45) is 7.05 Å². The Bertz CT molecular complexity index is 318. The number of ether oxygens (including phenoxy) is 1. The van der Waals surface area contributed by atoms with E-state index >= 15 is 0 Å². The molecule has 4 nitrogen and oxygen atoms in total. The van der Waals surface area contributed by atoms with Gasteiger partial charge in [0.15, 0.2) is 0 Å². The number of hydrogen-bond donors (Lipinski definition) is 1. The third kappa shape index (κ3) is 2.62. The van der Waals surface area contributed by atoms with E-state index in [4.69, 9.17) is 4.74 Å². The standard InChI is InChI=1S/C12H21N3O/c1-3-11(12-13-6-7-15(12)2)14-9-10-5-4-8-16-10/h6-7,10-11,14H,3-5,8-9H2,1-2H3. The SMILES string of the molecule is CCC(NCC1CCCO1)c1nccn1C. The quantitative estimate of drug-likeness (QED) is 0.825. The Morgan fingerprint density at radius 1 is 1.69 bits per heavy atom. The predicted octanol–water partition coefficient (Wildman–Crippen LogP) is 1.64. The number of nitrogens with one attached hydrogen (secondary N) is 1. The molecule has 4 heteroatoms. The molecule has 0 amide bonds. The average Bonchev–Trinajstić information content (AvgIpc) is 2.92. The second kappa shape index (κ2) is 5.46. The summed E-state index contributed by atoms with van der Waals surface area (Å²) in [4.78, 5) is 4.39. The summed E-state index contributed by atoms with van der Waals surface area (Å²) in [5.74, 6) is 1.11. The Morgan fingerprint density at radius 3 is 3.12 bits per heavy atom. The number of imidazole rings is 1. The van der Waals surface area contributed by atoms with Gasteiger partial charge in [-0.3, -0.25) is 0 Å². The fraction of sp³-hybridized carbons (Fsp3) is 0.750. The van der Waals surface area contributed by atoms with Gasteiger partial charge in [0.25, 0.3) is 0 Å². The van der Waals surface area contributed by atoms with E-state index in [9.17, 15) is 0 Å². The van der Waals surface area contributed by atoms with Crippen molar-refractivity contribution in [1.29, 1.82) is 0 Å². The van der Waals surface area contributed by atoms with Gasteiger partial charge in [0.2, 0.25) is 0 Å². The number of rotatable bonds is 5. The first-order valence-corrected chi connectivity index (χ1v) is 6.13. The zero-order chi connectivity index (χ0) is 11.4. The van der Waals surface area contributed by atoms with Gasteiger partial charge in [-0.1, -0.05) is 6.92 Å². The largest absolute Gasteiger partial charge is 0.377 e. The van der Waals surface area contributed by atoms with Crippen LogP contribution in [0.15, 0.2) is 12.4 Å². The maximum atomic E-state index is 5.61. The van der Waals surface area contributed by atoms with Crippen LogP contribution in [0, 0.1) is 0 Å². The van der Waals surface area contributed by atoms with Crippen LogP contribution in [0.2, 0.25) is 0 Å². The van der Waals surface area contributed by atoms with Gasteiger partial charge in [0, 0.05) is 32.6 Å². The maximum Gasteiger partial charge on any atom is 0.125 e. The average molecular weight is 223 g/mol. The summed E-state index contributed by atoms with van der Waals surface area (Å²) < 4.78 is 7.69. The zero-order valence-corrected chi connectivity index (χ0v) is 10.1. The first-order valence-electron chi connectivity index (χ1n) is 6.13. The van der Waals surface area contributed by atoms with Crippen LogP contribution in [-0.2, 0) is 11.8 Å². The van der Waals surface area contributed by atoms with E-state index in [0.29, 0.717) is 12.1 Å². The lowest BCUT2D eigenvalue weighted by Gasteiger charge is -2.19. The summed E-state index contributed by atoms with van der Waals surface area (Å²) in [5.41, 5.74) is 0. The minimum atomic E-state index is 0.337. The van der Waals surface area contributed by atoms with Gasteiger partial charge < -0.3 is 14.6 Å². The van der Waals surface area contributed by atoms with Crippen LogP contribution >= 0.6 is 0 Å². The summed E-state index contributed by atoms with van der Waals surface area (Å²) >= 11 is 0. The lowest BCUT2D eigenvalue weighted by Crippen LogP contribution is -2.31. The van der Waals surface area contributed by atoms with E-state index in [1.54, 1.807) is 0 Å². The Morgan fingerprint density at radius 2 is 2.56 bits per heavy atom. The third-order valence-corrected chi connectivity index (χ3v) is 3.19. The lowest BCUT2D eigenvalue weighted by atomic mass is 10.2. The van der Waals surface area contributed by atoms with Crippen molar-refractivity contribution in [3.8, 4) is 0 Å². The van der Waals surface area contributed by atoms with Gasteiger partial charge in [-0.25, -0.2) is 4.98 Å². The van der Waals surface area contributed by atoms with Crippen LogP contribution in [0.4, 0.5) is 0 Å². The van der Waals surface area contributed by atoms with Crippen molar-refractivity contribution in [1.82, 2.24) is 14.9 Å². The Hall–Kier alpha value is -0.870. The molecule has 90 valence electrons. The third-order valence-electron chi connectivity index (χ3n) is 3.19. The molecular formula is C12H21N3O. The Kier molecular flexibility index (Phi) is 3.96. The topological polar surface area (TPSA) is 39.1 Å². The number of hydrogen-bond acceptors (Lipinski definition) is 3. The summed E-state index contributed by atoms with van der Waals surface area (Å²) in [7, 11) is 2.04. The van der Waals surface area contributed by atoms with Crippen molar-refractivity contribution in [2.45, 2.75) is 38.3 Å². The minimum absolute atomic E-state index is 0.337. The zero-order valence-electron chi connectivity index (χ0n) is 10.1. The second-order valence-electron chi connectivity index (χ2n) is 4.40. The van der Waals surface area contributed by atoms with E-state index < -0.39 is 0 Å². The van der Waals surface area contributed by atoms with Crippen molar-refractivity contribution >= 4 is 0 Å². The summed E-state index contributed by atoms with van der Waals surface area (Å²) in [6.07, 6.45) is 7.68. The molecule has 2 unspecified atom stereocenters. The highest BCUT2D eigenvalue weighted by atomic mass is 16.5. The molecule has 1 fully saturated rings. The number of nitrogens with zero attached hydrogens (tertiary/aromatic N) is 2. The highest BCUT2D eigenvalue weighted by molar-refractivity contribution is 4.98. The molecule has 1 saturated heterocycles. The molecule has 0 bridgehead atoms.